The number of amides is 1. The molecular weight excluding hydrogens is 402 g/mol. The van der Waals surface area contributed by atoms with Crippen LogP contribution < -0.4 is 5.32 Å². The van der Waals surface area contributed by atoms with Crippen LogP contribution in [0.15, 0.2) is 10.5 Å². The molecule has 11 heteroatoms. The fourth-order valence-electron chi connectivity index (χ4n) is 1.98. The highest BCUT2D eigenvalue weighted by Gasteiger charge is 2.56. The van der Waals surface area contributed by atoms with Crippen molar-refractivity contribution >= 4 is 40.2 Å². The summed E-state index contributed by atoms with van der Waals surface area (Å²) in [5.41, 5.74) is -3.18. The Morgan fingerprint density at radius 2 is 1.72 bits per heavy atom. The first-order valence-electron chi connectivity index (χ1n) is 8.90. The molecule has 1 aromatic heterocycles. The molecule has 0 saturated heterocycles. The maximum absolute atomic E-state index is 12.3. The molecular formula is C18H25N3O7S. The second-order valence-electron chi connectivity index (χ2n) is 8.50. The summed E-state index contributed by atoms with van der Waals surface area (Å²) in [4.78, 5) is 44.9. The van der Waals surface area contributed by atoms with Crippen LogP contribution in [0.4, 0.5) is 9.93 Å². The number of carboxylic acid groups (broad SMARTS) is 1. The van der Waals surface area contributed by atoms with Crippen LogP contribution in [0, 0.1) is 0 Å². The molecule has 1 aliphatic carbocycles. The monoisotopic (exact) mass is 427 g/mol. The molecule has 0 bridgehead atoms. The number of carbonyl (C=O) groups is 3. The summed E-state index contributed by atoms with van der Waals surface area (Å²) in [7, 11) is 0. The highest BCUT2D eigenvalue weighted by molar-refractivity contribution is 7.14. The lowest BCUT2D eigenvalue weighted by molar-refractivity contribution is -0.172. The molecule has 1 amide bonds. The van der Waals surface area contributed by atoms with Gasteiger partial charge >= 0.3 is 18.0 Å². The Morgan fingerprint density at radius 1 is 1.14 bits per heavy atom. The number of hydrogen-bond donors (Lipinski definition) is 2. The minimum Gasteiger partial charge on any atom is -0.476 e. The molecule has 160 valence electrons. The van der Waals surface area contributed by atoms with Crippen LogP contribution in [0.5, 0.6) is 0 Å². The van der Waals surface area contributed by atoms with E-state index in [1.165, 1.54) is 5.38 Å². The Hall–Kier alpha value is -2.69. The predicted octanol–water partition coefficient (Wildman–Crippen LogP) is 3.17. The minimum atomic E-state index is -1.39. The number of ether oxygens (including phenoxy) is 2. The lowest BCUT2D eigenvalue weighted by Crippen LogP contribution is -2.34. The van der Waals surface area contributed by atoms with Gasteiger partial charge in [0.1, 0.15) is 16.9 Å². The lowest BCUT2D eigenvalue weighted by Gasteiger charge is -2.22. The number of nitrogens with zero attached hydrogens (tertiary/aromatic N) is 2. The maximum Gasteiger partial charge on any atom is 0.413 e. The average molecular weight is 427 g/mol. The molecule has 0 radical (unpaired) electrons. The molecule has 0 spiro atoms. The van der Waals surface area contributed by atoms with Crippen molar-refractivity contribution in [3.63, 3.8) is 0 Å². The van der Waals surface area contributed by atoms with Gasteiger partial charge in [0.15, 0.2) is 5.13 Å². The molecule has 10 nitrogen and oxygen atoms in total. The van der Waals surface area contributed by atoms with Crippen LogP contribution in [0.25, 0.3) is 0 Å². The van der Waals surface area contributed by atoms with Crippen molar-refractivity contribution in [2.75, 3.05) is 5.32 Å². The van der Waals surface area contributed by atoms with E-state index in [1.54, 1.807) is 41.5 Å². The Labute approximate surface area is 172 Å². The first kappa shape index (κ1) is 22.6. The highest BCUT2D eigenvalue weighted by atomic mass is 32.1. The van der Waals surface area contributed by atoms with Crippen molar-refractivity contribution in [3.8, 4) is 0 Å². The first-order chi connectivity index (χ1) is 13.2. The van der Waals surface area contributed by atoms with Gasteiger partial charge in [0.05, 0.1) is 0 Å². The number of carboxylic acids is 1. The number of carbonyl (C=O) groups excluding carboxylic acids is 2. The summed E-state index contributed by atoms with van der Waals surface area (Å²) >= 11 is 0.998. The van der Waals surface area contributed by atoms with Gasteiger partial charge in [-0.05, 0) is 41.5 Å². The van der Waals surface area contributed by atoms with E-state index in [4.69, 9.17) is 14.3 Å². The SMILES string of the molecule is CC(C)(C)OC(=O)Nc1nc(/C(=N/OC2(C(=O)OC(C)(C)C)CC2)C(=O)O)cs1. The number of anilines is 1. The van der Waals surface area contributed by atoms with Gasteiger partial charge in [-0.1, -0.05) is 5.16 Å². The van der Waals surface area contributed by atoms with E-state index in [-0.39, 0.29) is 10.8 Å². The third kappa shape index (κ3) is 6.70. The number of nitrogens with one attached hydrogen (secondary N) is 1. The summed E-state index contributed by atoms with van der Waals surface area (Å²) < 4.78 is 10.4. The zero-order valence-electron chi connectivity index (χ0n) is 17.2. The van der Waals surface area contributed by atoms with Gasteiger partial charge in [-0.25, -0.2) is 19.4 Å². The number of oxime groups is 1. The zero-order chi connectivity index (χ0) is 22.0. The van der Waals surface area contributed by atoms with Crippen LogP contribution in [0.3, 0.4) is 0 Å². The Kier molecular flexibility index (Phi) is 6.21. The van der Waals surface area contributed by atoms with E-state index >= 15 is 0 Å². The van der Waals surface area contributed by atoms with Crippen LogP contribution in [0.2, 0.25) is 0 Å². The molecule has 1 aliphatic rings. The molecule has 1 fully saturated rings. The minimum absolute atomic E-state index is 0.0199. The summed E-state index contributed by atoms with van der Waals surface area (Å²) in [6, 6.07) is 0. The molecule has 1 heterocycles. The van der Waals surface area contributed by atoms with E-state index in [0.29, 0.717) is 12.8 Å². The van der Waals surface area contributed by atoms with E-state index in [2.05, 4.69) is 15.5 Å². The van der Waals surface area contributed by atoms with Gasteiger partial charge < -0.3 is 19.4 Å². The van der Waals surface area contributed by atoms with Crippen molar-refractivity contribution in [1.82, 2.24) is 4.98 Å². The van der Waals surface area contributed by atoms with Gasteiger partial charge in [-0.2, -0.15) is 0 Å². The predicted molar refractivity (Wildman–Crippen MR) is 105 cm³/mol. The van der Waals surface area contributed by atoms with Crippen molar-refractivity contribution in [2.24, 2.45) is 5.16 Å². The highest BCUT2D eigenvalue weighted by Crippen LogP contribution is 2.42. The maximum atomic E-state index is 12.3. The third-order valence-electron chi connectivity index (χ3n) is 3.34. The lowest BCUT2D eigenvalue weighted by atomic mass is 10.2. The number of aliphatic carboxylic acids is 1. The number of hydrogen-bond acceptors (Lipinski definition) is 9. The van der Waals surface area contributed by atoms with Gasteiger partial charge in [0.25, 0.3) is 0 Å². The fourth-order valence-corrected chi connectivity index (χ4v) is 2.66. The Balaban J connectivity index is 2.11. The van der Waals surface area contributed by atoms with E-state index in [1.807, 2.05) is 0 Å². The molecule has 0 aliphatic heterocycles. The van der Waals surface area contributed by atoms with Gasteiger partial charge in [0, 0.05) is 18.2 Å². The first-order valence-corrected chi connectivity index (χ1v) is 9.78. The molecule has 0 unspecified atom stereocenters. The topological polar surface area (TPSA) is 136 Å². The molecule has 1 aromatic rings. The van der Waals surface area contributed by atoms with Crippen LogP contribution >= 0.6 is 11.3 Å². The second kappa shape index (κ2) is 7.97. The van der Waals surface area contributed by atoms with Crippen LogP contribution in [0.1, 0.15) is 60.1 Å². The largest absolute Gasteiger partial charge is 0.476 e. The standard InChI is InChI=1S/C18H25N3O7S/c1-16(2,3)26-13(24)18(7-8-18)28-21-11(12(22)23)10-9-29-14(19-10)20-15(25)27-17(4,5)6/h9H,7-8H2,1-6H3,(H,22,23)(H,19,20,25)/b21-11-. The average Bonchev–Trinajstić information content (AvgIpc) is 3.17. The van der Waals surface area contributed by atoms with Crippen molar-refractivity contribution < 1.29 is 33.8 Å². The number of thiazole rings is 1. The summed E-state index contributed by atoms with van der Waals surface area (Å²) in [6.07, 6.45) is 0.0343. The number of rotatable bonds is 6. The summed E-state index contributed by atoms with van der Waals surface area (Å²) in [5, 5.41) is 17.0. The van der Waals surface area contributed by atoms with Crippen molar-refractivity contribution in [3.05, 3.63) is 11.1 Å². The molecule has 0 aromatic carbocycles. The molecule has 2 rings (SSSR count). The van der Waals surface area contributed by atoms with Gasteiger partial charge in [-0.3, -0.25) is 5.32 Å². The normalized spacial score (nSPS) is 16.0. The quantitative estimate of drug-likeness (QED) is 0.401. The van der Waals surface area contributed by atoms with E-state index in [0.717, 1.165) is 11.3 Å². The molecule has 29 heavy (non-hydrogen) atoms. The van der Waals surface area contributed by atoms with Crippen LogP contribution in [-0.4, -0.2) is 50.6 Å². The van der Waals surface area contributed by atoms with Gasteiger partial charge in [-0.15, -0.1) is 11.3 Å². The molecule has 2 N–H and O–H groups in total. The van der Waals surface area contributed by atoms with Gasteiger partial charge in [0.2, 0.25) is 11.3 Å². The smallest absolute Gasteiger partial charge is 0.413 e. The molecule has 1 saturated carbocycles. The van der Waals surface area contributed by atoms with Crippen LogP contribution in [-0.2, 0) is 23.9 Å². The second-order valence-corrected chi connectivity index (χ2v) is 9.36. The Morgan fingerprint density at radius 3 is 2.21 bits per heavy atom. The summed E-state index contributed by atoms with van der Waals surface area (Å²) in [6.45, 7) is 10.3. The van der Waals surface area contributed by atoms with Crippen molar-refractivity contribution in [1.29, 1.82) is 0 Å². The summed E-state index contributed by atoms with van der Waals surface area (Å²) in [5.74, 6) is -1.98. The Bertz CT molecular complexity index is 829. The van der Waals surface area contributed by atoms with E-state index in [9.17, 15) is 19.5 Å². The number of aromatic nitrogens is 1. The van der Waals surface area contributed by atoms with E-state index < -0.39 is 40.5 Å². The number of esters is 1. The zero-order valence-corrected chi connectivity index (χ0v) is 18.0. The van der Waals surface area contributed by atoms with Crippen molar-refractivity contribution in [2.45, 2.75) is 71.2 Å². The molecule has 0 atom stereocenters. The third-order valence-corrected chi connectivity index (χ3v) is 4.10. The fraction of sp³-hybridized carbons (Fsp3) is 0.611.